The summed E-state index contributed by atoms with van der Waals surface area (Å²) in [5.41, 5.74) is 0.594. The molecule has 1 fully saturated rings. The molecule has 0 spiro atoms. The van der Waals surface area contributed by atoms with Gasteiger partial charge in [0.15, 0.2) is 18.1 Å². The summed E-state index contributed by atoms with van der Waals surface area (Å²) in [6, 6.07) is 7.68. The molecule has 1 saturated carbocycles. The van der Waals surface area contributed by atoms with Crippen LogP contribution in [-0.4, -0.2) is 58.5 Å². The van der Waals surface area contributed by atoms with E-state index in [4.69, 9.17) is 46.3 Å². The molecule has 0 N–H and O–H groups in total. The predicted molar refractivity (Wildman–Crippen MR) is 157 cm³/mol. The molecule has 1 aliphatic carbocycles. The Bertz CT molecular complexity index is 1630. The second-order valence-electron chi connectivity index (χ2n) is 9.83. The third-order valence-electron chi connectivity index (χ3n) is 6.30. The normalized spacial score (nSPS) is 13.6. The average molecular weight is 691 g/mol. The van der Waals surface area contributed by atoms with Gasteiger partial charge in [-0.15, -0.1) is 0 Å². The van der Waals surface area contributed by atoms with Gasteiger partial charge in [0.1, 0.15) is 23.2 Å². The largest absolute Gasteiger partial charge is 0.496 e. The maximum atomic E-state index is 13.1. The third kappa shape index (κ3) is 10.1. The molecule has 11 nitrogen and oxygen atoms in total. The molecule has 1 heterocycles. The van der Waals surface area contributed by atoms with Gasteiger partial charge in [0.25, 0.3) is 0 Å². The molecule has 0 bridgehead atoms. The number of carbonyl (C=O) groups is 2. The Hall–Kier alpha value is -3.88. The molecular weight excluding hydrogens is 663 g/mol. The Balaban J connectivity index is 1.54. The van der Waals surface area contributed by atoms with Gasteiger partial charge in [-0.2, -0.15) is 17.2 Å². The first-order valence-corrected chi connectivity index (χ1v) is 15.8. The van der Waals surface area contributed by atoms with Gasteiger partial charge in [-0.1, -0.05) is 29.3 Å². The second kappa shape index (κ2) is 14.9. The summed E-state index contributed by atoms with van der Waals surface area (Å²) < 4.78 is 80.0. The molecule has 0 amide bonds. The number of aromatic nitrogens is 1. The molecule has 45 heavy (non-hydrogen) atoms. The van der Waals surface area contributed by atoms with E-state index in [9.17, 15) is 26.8 Å². The number of alkyl halides is 2. The van der Waals surface area contributed by atoms with Gasteiger partial charge in [-0.3, -0.25) is 4.98 Å². The van der Waals surface area contributed by atoms with Crippen molar-refractivity contribution >= 4 is 45.3 Å². The molecule has 0 radical (unpaired) electrons. The molecular formula is C29H27Cl2F2NO10S. The van der Waals surface area contributed by atoms with Gasteiger partial charge < -0.3 is 27.9 Å². The number of pyridine rings is 1. The number of halogens is 4. The van der Waals surface area contributed by atoms with Gasteiger partial charge in [0, 0.05) is 24.9 Å². The molecule has 242 valence electrons. The number of methoxy groups -OCH3 is 1. The van der Waals surface area contributed by atoms with Gasteiger partial charge in [-0.05, 0) is 54.2 Å². The Kier molecular flexibility index (Phi) is 11.3. The predicted octanol–water partition coefficient (Wildman–Crippen LogP) is 5.81. The van der Waals surface area contributed by atoms with Crippen LogP contribution in [0.2, 0.25) is 10.0 Å². The number of hydrogen-bond donors (Lipinski definition) is 0. The van der Waals surface area contributed by atoms with Crippen molar-refractivity contribution in [3.8, 4) is 23.0 Å². The van der Waals surface area contributed by atoms with E-state index in [-0.39, 0.29) is 51.6 Å². The SMILES string of the molecule is COc1cc(OS(C)(=O)=O)ccc1C(=O)OCC(=O)O[C@@H](Cc1c(Cl)cncc1Cl)c1ccc(OC(F)F)c(OCC2CC2)c1. The maximum Gasteiger partial charge on any atom is 0.387 e. The fraction of sp³-hybridized carbons (Fsp3) is 0.345. The minimum absolute atomic E-state index is 0.0227. The summed E-state index contributed by atoms with van der Waals surface area (Å²) in [5.74, 6) is -2.00. The minimum Gasteiger partial charge on any atom is -0.496 e. The van der Waals surface area contributed by atoms with Crippen LogP contribution in [0.3, 0.4) is 0 Å². The summed E-state index contributed by atoms with van der Waals surface area (Å²) in [4.78, 5) is 29.6. The number of benzene rings is 2. The molecule has 0 unspecified atom stereocenters. The van der Waals surface area contributed by atoms with Crippen LogP contribution in [0.4, 0.5) is 8.78 Å². The lowest BCUT2D eigenvalue weighted by molar-refractivity contribution is -0.153. The highest BCUT2D eigenvalue weighted by Gasteiger charge is 2.26. The average Bonchev–Trinajstić information content (AvgIpc) is 3.80. The summed E-state index contributed by atoms with van der Waals surface area (Å²) >= 11 is 12.6. The number of rotatable bonds is 15. The summed E-state index contributed by atoms with van der Waals surface area (Å²) in [5, 5.41) is 0.376. The summed E-state index contributed by atoms with van der Waals surface area (Å²) in [7, 11) is -2.59. The van der Waals surface area contributed by atoms with Crippen molar-refractivity contribution in [1.82, 2.24) is 4.98 Å². The first-order valence-electron chi connectivity index (χ1n) is 13.3. The van der Waals surface area contributed by atoms with Crippen molar-refractivity contribution in [3.63, 3.8) is 0 Å². The number of esters is 2. The fourth-order valence-electron chi connectivity index (χ4n) is 4.03. The zero-order valence-corrected chi connectivity index (χ0v) is 26.2. The van der Waals surface area contributed by atoms with Crippen LogP contribution in [-0.2, 0) is 30.8 Å². The molecule has 4 rings (SSSR count). The standard InChI is InChI=1S/C29H27Cl2F2NO10S/c1-39-25-10-18(44-45(2,37)38)6-7-19(25)28(36)41-15-27(35)42-24(11-20-21(30)12-34-13-22(20)31)17-5-8-23(43-29(32)33)26(9-17)40-14-16-3-4-16/h5-10,12-13,16,24,29H,3-4,11,14-15H2,1-2H3/t24-/m0/s1. The quantitative estimate of drug-likeness (QED) is 0.141. The smallest absolute Gasteiger partial charge is 0.387 e. The van der Waals surface area contributed by atoms with E-state index < -0.39 is 41.4 Å². The van der Waals surface area contributed by atoms with Crippen LogP contribution >= 0.6 is 23.2 Å². The topological polar surface area (TPSA) is 137 Å². The van der Waals surface area contributed by atoms with Crippen molar-refractivity contribution < 1.29 is 54.7 Å². The first-order chi connectivity index (χ1) is 21.3. The number of carbonyl (C=O) groups excluding carboxylic acids is 2. The highest BCUT2D eigenvalue weighted by molar-refractivity contribution is 7.86. The molecule has 16 heteroatoms. The maximum absolute atomic E-state index is 13.1. The van der Waals surface area contributed by atoms with E-state index in [1.807, 2.05) is 0 Å². The Labute approximate surface area is 267 Å². The molecule has 1 atom stereocenters. The van der Waals surface area contributed by atoms with Crippen LogP contribution in [0.1, 0.15) is 40.4 Å². The van der Waals surface area contributed by atoms with Crippen LogP contribution in [0, 0.1) is 5.92 Å². The van der Waals surface area contributed by atoms with Gasteiger partial charge in [0.2, 0.25) is 0 Å². The second-order valence-corrected chi connectivity index (χ2v) is 12.2. The lowest BCUT2D eigenvalue weighted by Gasteiger charge is -2.21. The lowest BCUT2D eigenvalue weighted by atomic mass is 10.0. The lowest BCUT2D eigenvalue weighted by Crippen LogP contribution is -2.21. The van der Waals surface area contributed by atoms with E-state index in [2.05, 4.69) is 9.72 Å². The summed E-state index contributed by atoms with van der Waals surface area (Å²) in [6.45, 7) is -3.65. The zero-order valence-electron chi connectivity index (χ0n) is 23.8. The molecule has 0 saturated heterocycles. The molecule has 2 aromatic carbocycles. The van der Waals surface area contributed by atoms with Gasteiger partial charge in [0.05, 0.1) is 30.0 Å². The Morgan fingerprint density at radius 2 is 1.73 bits per heavy atom. The Morgan fingerprint density at radius 3 is 2.36 bits per heavy atom. The van der Waals surface area contributed by atoms with Gasteiger partial charge >= 0.3 is 28.7 Å². The van der Waals surface area contributed by atoms with Gasteiger partial charge in [-0.25, -0.2) is 9.59 Å². The highest BCUT2D eigenvalue weighted by Crippen LogP contribution is 2.38. The fourth-order valence-corrected chi connectivity index (χ4v) is 5.00. The molecule has 0 aliphatic heterocycles. The third-order valence-corrected chi connectivity index (χ3v) is 7.45. The van der Waals surface area contributed by atoms with E-state index >= 15 is 0 Å². The van der Waals surface area contributed by atoms with Crippen LogP contribution in [0.25, 0.3) is 0 Å². The van der Waals surface area contributed by atoms with Crippen LogP contribution in [0.5, 0.6) is 23.0 Å². The number of ether oxygens (including phenoxy) is 5. The number of nitrogens with zero attached hydrogens (tertiary/aromatic N) is 1. The van der Waals surface area contributed by atoms with Crippen molar-refractivity contribution in [2.45, 2.75) is 32.0 Å². The summed E-state index contributed by atoms with van der Waals surface area (Å²) in [6.07, 6.45) is 4.30. The zero-order chi connectivity index (χ0) is 32.7. The van der Waals surface area contributed by atoms with E-state index in [1.165, 1.54) is 55.9 Å². The minimum atomic E-state index is -3.84. The van der Waals surface area contributed by atoms with E-state index in [1.54, 1.807) is 0 Å². The Morgan fingerprint density at radius 1 is 1.02 bits per heavy atom. The molecule has 1 aromatic heterocycles. The van der Waals surface area contributed by atoms with Crippen molar-refractivity contribution in [2.75, 3.05) is 26.6 Å². The van der Waals surface area contributed by atoms with E-state index in [0.717, 1.165) is 19.1 Å². The highest BCUT2D eigenvalue weighted by atomic mass is 35.5. The molecule has 1 aliphatic rings. The van der Waals surface area contributed by atoms with Crippen molar-refractivity contribution in [3.05, 3.63) is 75.5 Å². The number of hydrogen-bond acceptors (Lipinski definition) is 11. The van der Waals surface area contributed by atoms with Crippen molar-refractivity contribution in [2.24, 2.45) is 5.92 Å². The first kappa shape index (κ1) is 34.0. The van der Waals surface area contributed by atoms with Crippen LogP contribution in [0.15, 0.2) is 48.8 Å². The molecule has 3 aromatic rings. The van der Waals surface area contributed by atoms with Crippen LogP contribution < -0.4 is 18.4 Å². The monoisotopic (exact) mass is 689 g/mol. The van der Waals surface area contributed by atoms with E-state index in [0.29, 0.717) is 17.0 Å². The van der Waals surface area contributed by atoms with Crippen molar-refractivity contribution in [1.29, 1.82) is 0 Å².